The molecule has 200 valence electrons. The van der Waals surface area contributed by atoms with Crippen molar-refractivity contribution in [1.29, 1.82) is 0 Å². The summed E-state index contributed by atoms with van der Waals surface area (Å²) in [5.41, 5.74) is 3.18. The molecule has 1 aliphatic carbocycles. The van der Waals surface area contributed by atoms with E-state index in [9.17, 15) is 40.6 Å². The summed E-state index contributed by atoms with van der Waals surface area (Å²) in [6, 6.07) is 3.16. The first-order valence-electron chi connectivity index (χ1n) is 10.4. The van der Waals surface area contributed by atoms with Crippen molar-refractivity contribution in [3.8, 4) is 5.88 Å². The maximum absolute atomic E-state index is 14.8. The smallest absolute Gasteiger partial charge is 0.340 e. The van der Waals surface area contributed by atoms with Crippen LogP contribution in [0.5, 0.6) is 5.88 Å². The molecular formula is C21H18F7N5O3S. The second-order valence-electron chi connectivity index (χ2n) is 8.54. The van der Waals surface area contributed by atoms with Crippen LogP contribution in [0.4, 0.5) is 36.4 Å². The van der Waals surface area contributed by atoms with E-state index in [4.69, 9.17) is 5.73 Å². The molecule has 1 aliphatic heterocycles. The average Bonchev–Trinajstić information content (AvgIpc) is 3.34. The number of nitrogens with two attached hydrogens (primary N) is 1. The number of aromatic nitrogens is 2. The zero-order chi connectivity index (χ0) is 27.4. The number of anilines is 1. The first-order valence-corrected chi connectivity index (χ1v) is 11.2. The number of fused-ring (bicyclic) bond motifs is 1. The molecular weight excluding hydrogens is 535 g/mol. The normalized spacial score (nSPS) is 26.3. The minimum absolute atomic E-state index is 0.0353. The van der Waals surface area contributed by atoms with Gasteiger partial charge >= 0.3 is 12.3 Å². The Balaban J connectivity index is 1.53. The van der Waals surface area contributed by atoms with Gasteiger partial charge in [0.15, 0.2) is 11.8 Å². The highest BCUT2D eigenvalue weighted by Crippen LogP contribution is 2.74. The molecule has 1 saturated carbocycles. The topological polar surface area (TPSA) is 123 Å². The number of thioether (sulfide) groups is 1. The highest BCUT2D eigenvalue weighted by molar-refractivity contribution is 8.15. The largest absolute Gasteiger partial charge is 0.470 e. The van der Waals surface area contributed by atoms with Gasteiger partial charge in [0.2, 0.25) is 5.88 Å². The Bertz CT molecular complexity index is 1250. The SMILES string of the molecule is C[C@]1(c2cc(NC(=O)c3cnc(OCC(F)(F)C(F)F)cn3)ccc2F)N=C(N)S[C@]2(CO)C1C2(F)F. The standard InChI is InChI=1S/C21H18F7N5O3S/c1-18(15-19(7-34,21(15,27)28)37-17(29)33-18)10-4-9(2-3-11(10)22)32-14(35)12-5-31-13(6-30-12)36-8-20(25,26)16(23)24/h2-6,15-16,34H,7-8H2,1H3,(H2,29,33)(H,32,35)/t15?,18-,19-/m1/s1. The number of carbonyl (C=O) groups is 1. The van der Waals surface area contributed by atoms with Crippen LogP contribution in [0.15, 0.2) is 35.6 Å². The number of carbonyl (C=O) groups excluding carboxylic acids is 1. The van der Waals surface area contributed by atoms with Crippen LogP contribution < -0.4 is 15.8 Å². The lowest BCUT2D eigenvalue weighted by atomic mass is 9.85. The van der Waals surface area contributed by atoms with Crippen molar-refractivity contribution in [1.82, 2.24) is 9.97 Å². The summed E-state index contributed by atoms with van der Waals surface area (Å²) in [4.78, 5) is 23.8. The van der Waals surface area contributed by atoms with Crippen LogP contribution in [0.3, 0.4) is 0 Å². The van der Waals surface area contributed by atoms with E-state index in [1.165, 1.54) is 6.92 Å². The summed E-state index contributed by atoms with van der Waals surface area (Å²) in [6.07, 6.45) is -2.37. The Morgan fingerprint density at radius 1 is 1.30 bits per heavy atom. The van der Waals surface area contributed by atoms with Gasteiger partial charge in [0.05, 0.1) is 30.5 Å². The Labute approximate surface area is 208 Å². The van der Waals surface area contributed by atoms with E-state index < -0.39 is 65.3 Å². The van der Waals surface area contributed by atoms with Gasteiger partial charge in [-0.25, -0.2) is 31.9 Å². The lowest BCUT2D eigenvalue weighted by Gasteiger charge is -2.32. The van der Waals surface area contributed by atoms with Crippen molar-refractivity contribution < 1.29 is 45.4 Å². The predicted octanol–water partition coefficient (Wildman–Crippen LogP) is 3.42. The molecule has 0 spiro atoms. The Hall–Kier alpha value is -3.14. The van der Waals surface area contributed by atoms with Gasteiger partial charge in [-0.1, -0.05) is 11.8 Å². The summed E-state index contributed by atoms with van der Waals surface area (Å²) >= 11 is 0.523. The van der Waals surface area contributed by atoms with Gasteiger partial charge in [-0.15, -0.1) is 0 Å². The molecule has 1 aromatic carbocycles. The Morgan fingerprint density at radius 2 is 2.00 bits per heavy atom. The maximum atomic E-state index is 14.8. The van der Waals surface area contributed by atoms with Crippen LogP contribution in [-0.2, 0) is 5.54 Å². The van der Waals surface area contributed by atoms with Crippen LogP contribution in [0.2, 0.25) is 0 Å². The quantitative estimate of drug-likeness (QED) is 0.428. The van der Waals surface area contributed by atoms with E-state index in [0.29, 0.717) is 11.8 Å². The number of halogens is 7. The molecule has 1 amide bonds. The van der Waals surface area contributed by atoms with Gasteiger partial charge < -0.3 is 20.9 Å². The minimum atomic E-state index is -4.42. The third-order valence-corrected chi connectivity index (χ3v) is 7.40. The van der Waals surface area contributed by atoms with Crippen molar-refractivity contribution in [2.24, 2.45) is 16.6 Å². The molecule has 0 radical (unpaired) electrons. The number of amides is 1. The van der Waals surface area contributed by atoms with Gasteiger partial charge in [0.25, 0.3) is 11.8 Å². The fraction of sp³-hybridized carbons (Fsp3) is 0.429. The molecule has 16 heteroatoms. The first-order chi connectivity index (χ1) is 17.2. The summed E-state index contributed by atoms with van der Waals surface area (Å²) in [5.74, 6) is -11.7. The van der Waals surface area contributed by atoms with Crippen molar-refractivity contribution in [2.75, 3.05) is 18.5 Å². The molecule has 0 bridgehead atoms. The lowest BCUT2D eigenvalue weighted by molar-refractivity contribution is -0.148. The summed E-state index contributed by atoms with van der Waals surface area (Å²) in [6.45, 7) is -1.33. The van der Waals surface area contributed by atoms with Gasteiger partial charge in [-0.05, 0) is 25.1 Å². The molecule has 2 heterocycles. The average molecular weight is 553 g/mol. The molecule has 1 aromatic heterocycles. The van der Waals surface area contributed by atoms with E-state index in [0.717, 1.165) is 30.6 Å². The molecule has 4 N–H and O–H groups in total. The minimum Gasteiger partial charge on any atom is -0.470 e. The maximum Gasteiger partial charge on any atom is 0.340 e. The van der Waals surface area contributed by atoms with E-state index >= 15 is 0 Å². The highest BCUT2D eigenvalue weighted by Gasteiger charge is 2.87. The molecule has 1 fully saturated rings. The van der Waals surface area contributed by atoms with E-state index in [-0.39, 0.29) is 22.1 Å². The number of aliphatic hydroxyl groups excluding tert-OH is 1. The molecule has 1 unspecified atom stereocenters. The van der Waals surface area contributed by atoms with Crippen molar-refractivity contribution in [3.05, 3.63) is 47.7 Å². The molecule has 2 aliphatic rings. The van der Waals surface area contributed by atoms with Crippen LogP contribution in [0, 0.1) is 11.7 Å². The van der Waals surface area contributed by atoms with Gasteiger partial charge in [0.1, 0.15) is 16.3 Å². The number of hydrogen-bond donors (Lipinski definition) is 3. The van der Waals surface area contributed by atoms with Crippen LogP contribution in [-0.4, -0.2) is 62.4 Å². The lowest BCUT2D eigenvalue weighted by Crippen LogP contribution is -2.37. The van der Waals surface area contributed by atoms with Gasteiger partial charge in [-0.2, -0.15) is 8.78 Å². The fourth-order valence-electron chi connectivity index (χ4n) is 4.24. The van der Waals surface area contributed by atoms with E-state index in [1.807, 2.05) is 0 Å². The monoisotopic (exact) mass is 553 g/mol. The third kappa shape index (κ3) is 4.45. The second-order valence-corrected chi connectivity index (χ2v) is 9.89. The summed E-state index contributed by atoms with van der Waals surface area (Å²) in [5, 5.41) is 11.8. The first kappa shape index (κ1) is 26.9. The Kier molecular flexibility index (Phi) is 6.55. The predicted molar refractivity (Wildman–Crippen MR) is 118 cm³/mol. The van der Waals surface area contributed by atoms with Gasteiger partial charge in [0, 0.05) is 11.3 Å². The number of alkyl halides is 6. The number of aliphatic hydroxyl groups is 1. The van der Waals surface area contributed by atoms with Crippen molar-refractivity contribution >= 4 is 28.5 Å². The molecule has 4 rings (SSSR count). The number of benzene rings is 1. The molecule has 8 nitrogen and oxygen atoms in total. The highest BCUT2D eigenvalue weighted by atomic mass is 32.2. The number of nitrogens with zero attached hydrogens (tertiary/aromatic N) is 3. The van der Waals surface area contributed by atoms with Crippen molar-refractivity contribution in [3.63, 3.8) is 0 Å². The van der Waals surface area contributed by atoms with Crippen LogP contribution >= 0.6 is 11.8 Å². The number of hydrogen-bond acceptors (Lipinski definition) is 8. The van der Waals surface area contributed by atoms with Crippen LogP contribution in [0.1, 0.15) is 23.0 Å². The molecule has 0 saturated heterocycles. The van der Waals surface area contributed by atoms with Crippen molar-refractivity contribution in [2.45, 2.75) is 35.5 Å². The molecule has 2 aromatic rings. The summed E-state index contributed by atoms with van der Waals surface area (Å²) < 4.78 is 97.2. The number of ether oxygens (including phenoxy) is 1. The second kappa shape index (κ2) is 9.01. The number of nitrogens with one attached hydrogen (secondary N) is 1. The molecule has 37 heavy (non-hydrogen) atoms. The van der Waals surface area contributed by atoms with E-state index in [2.05, 4.69) is 25.0 Å². The van der Waals surface area contributed by atoms with Gasteiger partial charge in [-0.3, -0.25) is 9.79 Å². The fourth-order valence-corrected chi connectivity index (χ4v) is 5.61. The molecule has 3 atom stereocenters. The number of aliphatic imine (C=N–C) groups is 1. The Morgan fingerprint density at radius 3 is 2.59 bits per heavy atom. The van der Waals surface area contributed by atoms with E-state index in [1.54, 1.807) is 0 Å². The number of amidine groups is 1. The zero-order valence-electron chi connectivity index (χ0n) is 18.7. The summed E-state index contributed by atoms with van der Waals surface area (Å²) in [7, 11) is 0. The third-order valence-electron chi connectivity index (χ3n) is 6.10. The number of rotatable bonds is 8. The zero-order valence-corrected chi connectivity index (χ0v) is 19.5. The van der Waals surface area contributed by atoms with Crippen LogP contribution in [0.25, 0.3) is 0 Å².